The van der Waals surface area contributed by atoms with E-state index >= 15 is 0 Å². The van der Waals surface area contributed by atoms with E-state index in [2.05, 4.69) is 4.99 Å². The summed E-state index contributed by atoms with van der Waals surface area (Å²) in [5, 5.41) is 20.5. The van der Waals surface area contributed by atoms with E-state index in [1.165, 1.54) is 6.07 Å². The van der Waals surface area contributed by atoms with Gasteiger partial charge in [0.15, 0.2) is 0 Å². The Hall–Kier alpha value is -2.99. The normalized spacial score (nSPS) is 16.3. The standard InChI is InChI=1S/C21H17NO4S/c1-12-10-17(24)20(21(25)26-12)15-11-19(13-6-2-4-8-16(13)23)27-18-9-5-3-7-14(18)22-15/h2-10,19,23-24H,11H2,1H3/t19-/m1/s1. The Balaban J connectivity index is 1.90. The van der Waals surface area contributed by atoms with Gasteiger partial charge in [0.1, 0.15) is 22.8 Å². The fourth-order valence-electron chi connectivity index (χ4n) is 3.16. The minimum atomic E-state index is -0.619. The molecule has 2 N–H and O–H groups in total. The molecular weight excluding hydrogens is 362 g/mol. The van der Waals surface area contributed by atoms with Gasteiger partial charge >= 0.3 is 5.63 Å². The lowest BCUT2D eigenvalue weighted by atomic mass is 10.0. The molecule has 0 radical (unpaired) electrons. The molecule has 1 atom stereocenters. The van der Waals surface area contributed by atoms with Crippen LogP contribution in [0.5, 0.6) is 11.5 Å². The van der Waals surface area contributed by atoms with Crippen molar-refractivity contribution in [2.45, 2.75) is 23.5 Å². The van der Waals surface area contributed by atoms with Crippen LogP contribution in [0.3, 0.4) is 0 Å². The number of hydrogen-bond acceptors (Lipinski definition) is 6. The van der Waals surface area contributed by atoms with Crippen molar-refractivity contribution in [3.8, 4) is 11.5 Å². The van der Waals surface area contributed by atoms with Gasteiger partial charge in [0.05, 0.1) is 11.4 Å². The van der Waals surface area contributed by atoms with Crippen LogP contribution in [0.4, 0.5) is 5.69 Å². The molecule has 2 aromatic carbocycles. The molecule has 0 bridgehead atoms. The van der Waals surface area contributed by atoms with Crippen molar-refractivity contribution in [1.29, 1.82) is 0 Å². The molecule has 0 saturated carbocycles. The minimum absolute atomic E-state index is 0.0679. The quantitative estimate of drug-likeness (QED) is 0.673. The first-order valence-electron chi connectivity index (χ1n) is 8.48. The number of phenolic OH excluding ortho intramolecular Hbond substituents is 1. The molecule has 5 nitrogen and oxygen atoms in total. The van der Waals surface area contributed by atoms with Gasteiger partial charge in [-0.2, -0.15) is 0 Å². The molecule has 27 heavy (non-hydrogen) atoms. The highest BCUT2D eigenvalue weighted by Crippen LogP contribution is 2.47. The zero-order valence-electron chi connectivity index (χ0n) is 14.5. The molecule has 3 aromatic rings. The number of nitrogens with zero attached hydrogens (tertiary/aromatic N) is 1. The van der Waals surface area contributed by atoms with E-state index in [1.807, 2.05) is 36.4 Å². The summed E-state index contributed by atoms with van der Waals surface area (Å²) in [5.41, 5.74) is 1.36. The van der Waals surface area contributed by atoms with E-state index in [-0.39, 0.29) is 22.3 Å². The number of phenols is 1. The second-order valence-electron chi connectivity index (χ2n) is 6.30. The van der Waals surface area contributed by atoms with E-state index in [0.29, 0.717) is 17.9 Å². The average molecular weight is 379 g/mol. The molecule has 136 valence electrons. The summed E-state index contributed by atoms with van der Waals surface area (Å²) < 4.78 is 5.18. The maximum absolute atomic E-state index is 12.4. The number of aromatic hydroxyl groups is 2. The smallest absolute Gasteiger partial charge is 0.348 e. The number of fused-ring (bicyclic) bond motifs is 1. The van der Waals surface area contributed by atoms with Crippen LogP contribution in [0.25, 0.3) is 0 Å². The van der Waals surface area contributed by atoms with Crippen LogP contribution in [0.2, 0.25) is 0 Å². The van der Waals surface area contributed by atoms with Crippen LogP contribution in [-0.2, 0) is 0 Å². The summed E-state index contributed by atoms with van der Waals surface area (Å²) >= 11 is 1.57. The number of hydrogen-bond donors (Lipinski definition) is 2. The number of aryl methyl sites for hydroxylation is 1. The van der Waals surface area contributed by atoms with Crippen LogP contribution in [-0.4, -0.2) is 15.9 Å². The van der Waals surface area contributed by atoms with Crippen LogP contribution >= 0.6 is 11.8 Å². The van der Waals surface area contributed by atoms with Crippen molar-refractivity contribution in [1.82, 2.24) is 0 Å². The Kier molecular flexibility index (Phi) is 4.49. The number of benzene rings is 2. The molecule has 0 amide bonds. The third kappa shape index (κ3) is 3.36. The number of rotatable bonds is 2. The largest absolute Gasteiger partial charge is 0.508 e. The fraction of sp³-hybridized carbons (Fsp3) is 0.143. The average Bonchev–Trinajstić information content (AvgIpc) is 2.80. The first kappa shape index (κ1) is 17.4. The molecule has 1 aromatic heterocycles. The van der Waals surface area contributed by atoms with Gasteiger partial charge in [-0.1, -0.05) is 30.3 Å². The van der Waals surface area contributed by atoms with Crippen molar-refractivity contribution >= 4 is 23.2 Å². The molecule has 1 aliphatic rings. The molecular formula is C21H17NO4S. The van der Waals surface area contributed by atoms with Crippen molar-refractivity contribution in [3.63, 3.8) is 0 Å². The molecule has 0 spiro atoms. The van der Waals surface area contributed by atoms with Crippen molar-refractivity contribution in [2.75, 3.05) is 0 Å². The molecule has 0 fully saturated rings. The van der Waals surface area contributed by atoms with Gasteiger partial charge in [0.2, 0.25) is 0 Å². The highest BCUT2D eigenvalue weighted by Gasteiger charge is 2.27. The van der Waals surface area contributed by atoms with Crippen LogP contribution in [0.1, 0.15) is 28.6 Å². The fourth-order valence-corrected chi connectivity index (χ4v) is 4.43. The third-order valence-corrected chi connectivity index (χ3v) is 5.70. The lowest BCUT2D eigenvalue weighted by molar-refractivity contribution is 0.432. The Morgan fingerprint density at radius 1 is 1.07 bits per heavy atom. The maximum Gasteiger partial charge on any atom is 0.348 e. The van der Waals surface area contributed by atoms with Crippen LogP contribution in [0, 0.1) is 6.92 Å². The Morgan fingerprint density at radius 3 is 2.59 bits per heavy atom. The molecule has 0 unspecified atom stereocenters. The third-order valence-electron chi connectivity index (χ3n) is 4.39. The molecule has 1 aliphatic heterocycles. The van der Waals surface area contributed by atoms with Gasteiger partial charge in [-0.05, 0) is 25.1 Å². The number of aliphatic imine (C=N–C) groups is 1. The predicted octanol–water partition coefficient (Wildman–Crippen LogP) is 4.72. The maximum atomic E-state index is 12.4. The minimum Gasteiger partial charge on any atom is -0.508 e. The predicted molar refractivity (Wildman–Crippen MR) is 105 cm³/mol. The zero-order valence-corrected chi connectivity index (χ0v) is 15.4. The van der Waals surface area contributed by atoms with Gasteiger partial charge in [0.25, 0.3) is 0 Å². The van der Waals surface area contributed by atoms with Gasteiger partial charge in [-0.15, -0.1) is 11.8 Å². The SMILES string of the molecule is Cc1cc(O)c(C2=Nc3ccccc3S[C@@H](c3ccccc3O)C2)c(=O)o1. The van der Waals surface area contributed by atoms with Gasteiger partial charge in [-0.3, -0.25) is 4.99 Å². The summed E-state index contributed by atoms with van der Waals surface area (Å²) in [6.07, 6.45) is 0.359. The number of thioether (sulfide) groups is 1. The second kappa shape index (κ2) is 6.96. The van der Waals surface area contributed by atoms with E-state index < -0.39 is 5.63 Å². The van der Waals surface area contributed by atoms with E-state index in [1.54, 1.807) is 30.8 Å². The Morgan fingerprint density at radius 2 is 1.81 bits per heavy atom. The topological polar surface area (TPSA) is 83.0 Å². The van der Waals surface area contributed by atoms with Crippen LogP contribution < -0.4 is 5.63 Å². The highest BCUT2D eigenvalue weighted by molar-refractivity contribution is 7.99. The monoisotopic (exact) mass is 379 g/mol. The summed E-state index contributed by atoms with van der Waals surface area (Å²) in [6.45, 7) is 1.61. The Bertz CT molecular complexity index is 1100. The zero-order chi connectivity index (χ0) is 19.0. The van der Waals surface area contributed by atoms with E-state index in [9.17, 15) is 15.0 Å². The first-order valence-corrected chi connectivity index (χ1v) is 9.36. The summed E-state index contributed by atoms with van der Waals surface area (Å²) in [4.78, 5) is 18.0. The molecule has 0 aliphatic carbocycles. The van der Waals surface area contributed by atoms with Crippen molar-refractivity contribution in [3.05, 3.63) is 81.9 Å². The molecule has 0 saturated heterocycles. The van der Waals surface area contributed by atoms with Crippen molar-refractivity contribution in [2.24, 2.45) is 4.99 Å². The molecule has 4 rings (SSSR count). The summed E-state index contributed by atoms with van der Waals surface area (Å²) in [5.74, 6) is 0.374. The molecule has 6 heteroatoms. The Labute approximate surface area is 160 Å². The highest BCUT2D eigenvalue weighted by atomic mass is 32.2. The van der Waals surface area contributed by atoms with E-state index in [4.69, 9.17) is 4.42 Å². The molecule has 2 heterocycles. The van der Waals surface area contributed by atoms with Gasteiger partial charge in [-0.25, -0.2) is 4.79 Å². The van der Waals surface area contributed by atoms with Gasteiger partial charge in [0, 0.05) is 28.2 Å². The van der Waals surface area contributed by atoms with Crippen molar-refractivity contribution < 1.29 is 14.6 Å². The first-order chi connectivity index (χ1) is 13.0. The van der Waals surface area contributed by atoms with Gasteiger partial charge < -0.3 is 14.6 Å². The van der Waals surface area contributed by atoms with Crippen LogP contribution in [0.15, 0.2) is 73.7 Å². The lowest BCUT2D eigenvalue weighted by Gasteiger charge is -2.17. The lowest BCUT2D eigenvalue weighted by Crippen LogP contribution is -2.17. The summed E-state index contributed by atoms with van der Waals surface area (Å²) in [6, 6.07) is 16.2. The number of para-hydroxylation sites is 2. The van der Waals surface area contributed by atoms with E-state index in [0.717, 1.165) is 16.1 Å². The summed E-state index contributed by atoms with van der Waals surface area (Å²) in [7, 11) is 0. The second-order valence-corrected chi connectivity index (χ2v) is 7.54.